The molecule has 7 heteroatoms. The van der Waals surface area contributed by atoms with E-state index in [9.17, 15) is 4.79 Å². The second kappa shape index (κ2) is 10.1. The quantitative estimate of drug-likeness (QED) is 0.759. The van der Waals surface area contributed by atoms with Crippen LogP contribution in [-0.2, 0) is 11.3 Å². The molecule has 22 heavy (non-hydrogen) atoms. The molecule has 0 spiro atoms. The van der Waals surface area contributed by atoms with Gasteiger partial charge >= 0.3 is 0 Å². The Bertz CT molecular complexity index is 456. The molecule has 1 aromatic rings. The summed E-state index contributed by atoms with van der Waals surface area (Å²) in [5.74, 6) is 1.64. The molecule has 0 bridgehead atoms. The first-order valence-electron chi connectivity index (χ1n) is 6.83. The van der Waals surface area contributed by atoms with Gasteiger partial charge in [0.15, 0.2) is 11.5 Å². The van der Waals surface area contributed by atoms with Gasteiger partial charge in [-0.3, -0.25) is 4.79 Å². The Labute approximate surface area is 137 Å². The summed E-state index contributed by atoms with van der Waals surface area (Å²) >= 11 is 0. The summed E-state index contributed by atoms with van der Waals surface area (Å²) in [6, 6.07) is 3.65. The van der Waals surface area contributed by atoms with Crippen LogP contribution in [0.2, 0.25) is 0 Å². The molecule has 1 amide bonds. The van der Waals surface area contributed by atoms with Crippen LogP contribution < -0.4 is 25.3 Å². The second-order valence-corrected chi connectivity index (χ2v) is 4.83. The first kappa shape index (κ1) is 20.3. The number of carbonyl (C=O) groups is 1. The molecule has 0 fully saturated rings. The van der Waals surface area contributed by atoms with Crippen LogP contribution in [0.5, 0.6) is 17.2 Å². The number of nitrogens with two attached hydrogens (primary N) is 1. The standard InChI is InChI=1S/C15H24N2O4.ClH/c1-10(16)5-6-14(18)17-9-11-7-12(19-2)15(21-4)13(8-11)20-3;/h7-8,10H,5-6,9,16H2,1-4H3,(H,17,18);1H. The Kier molecular flexibility index (Phi) is 9.37. The Morgan fingerprint density at radius 2 is 1.73 bits per heavy atom. The monoisotopic (exact) mass is 332 g/mol. The van der Waals surface area contributed by atoms with Crippen molar-refractivity contribution in [3.8, 4) is 17.2 Å². The van der Waals surface area contributed by atoms with E-state index in [0.29, 0.717) is 36.6 Å². The molecule has 1 unspecified atom stereocenters. The van der Waals surface area contributed by atoms with Crippen molar-refractivity contribution < 1.29 is 19.0 Å². The fourth-order valence-electron chi connectivity index (χ4n) is 1.89. The number of halogens is 1. The molecule has 0 aliphatic carbocycles. The number of benzene rings is 1. The molecule has 1 atom stereocenters. The van der Waals surface area contributed by atoms with Crippen molar-refractivity contribution in [1.29, 1.82) is 0 Å². The zero-order chi connectivity index (χ0) is 15.8. The largest absolute Gasteiger partial charge is 0.493 e. The van der Waals surface area contributed by atoms with Gasteiger partial charge in [-0.25, -0.2) is 0 Å². The number of methoxy groups -OCH3 is 3. The number of hydrogen-bond acceptors (Lipinski definition) is 5. The highest BCUT2D eigenvalue weighted by atomic mass is 35.5. The predicted octanol–water partition coefficient (Wildman–Crippen LogP) is 1.88. The van der Waals surface area contributed by atoms with E-state index < -0.39 is 0 Å². The molecule has 3 N–H and O–H groups in total. The van der Waals surface area contributed by atoms with Crippen LogP contribution in [0, 0.1) is 0 Å². The van der Waals surface area contributed by atoms with Crippen molar-refractivity contribution in [3.63, 3.8) is 0 Å². The minimum absolute atomic E-state index is 0. The van der Waals surface area contributed by atoms with Crippen LogP contribution in [0.1, 0.15) is 25.3 Å². The van der Waals surface area contributed by atoms with Crippen molar-refractivity contribution in [2.45, 2.75) is 32.4 Å². The third-order valence-corrected chi connectivity index (χ3v) is 3.04. The molecule has 1 aromatic carbocycles. The van der Waals surface area contributed by atoms with E-state index in [1.165, 1.54) is 0 Å². The summed E-state index contributed by atoms with van der Waals surface area (Å²) in [6.45, 7) is 2.28. The SMILES string of the molecule is COc1cc(CNC(=O)CCC(C)N)cc(OC)c1OC.Cl. The van der Waals surface area contributed by atoms with Gasteiger partial charge in [0.25, 0.3) is 0 Å². The predicted molar refractivity (Wildman–Crippen MR) is 88.1 cm³/mol. The second-order valence-electron chi connectivity index (χ2n) is 4.83. The third-order valence-electron chi connectivity index (χ3n) is 3.04. The molecule has 126 valence electrons. The summed E-state index contributed by atoms with van der Waals surface area (Å²) in [7, 11) is 4.67. The molecule has 1 rings (SSSR count). The number of hydrogen-bond donors (Lipinski definition) is 2. The van der Waals surface area contributed by atoms with Gasteiger partial charge in [0.05, 0.1) is 21.3 Å². The topological polar surface area (TPSA) is 82.8 Å². The third kappa shape index (κ3) is 5.99. The fourth-order valence-corrected chi connectivity index (χ4v) is 1.89. The number of rotatable bonds is 8. The Morgan fingerprint density at radius 3 is 2.14 bits per heavy atom. The zero-order valence-corrected chi connectivity index (χ0v) is 14.3. The summed E-state index contributed by atoms with van der Waals surface area (Å²) in [4.78, 5) is 11.7. The Balaban J connectivity index is 0.00000441. The highest BCUT2D eigenvalue weighted by Gasteiger charge is 2.13. The van der Waals surface area contributed by atoms with E-state index in [4.69, 9.17) is 19.9 Å². The van der Waals surface area contributed by atoms with Crippen molar-refractivity contribution in [2.75, 3.05) is 21.3 Å². The van der Waals surface area contributed by atoms with E-state index >= 15 is 0 Å². The molecular weight excluding hydrogens is 308 g/mol. The molecule has 6 nitrogen and oxygen atoms in total. The Hall–Kier alpha value is -1.66. The lowest BCUT2D eigenvalue weighted by molar-refractivity contribution is -0.121. The summed E-state index contributed by atoms with van der Waals surface area (Å²) in [5, 5.41) is 2.85. The van der Waals surface area contributed by atoms with Crippen LogP contribution in [0.4, 0.5) is 0 Å². The minimum atomic E-state index is -0.0268. The van der Waals surface area contributed by atoms with Crippen molar-refractivity contribution in [3.05, 3.63) is 17.7 Å². The van der Waals surface area contributed by atoms with Crippen LogP contribution in [-0.4, -0.2) is 33.3 Å². The molecule has 0 heterocycles. The van der Waals surface area contributed by atoms with E-state index in [0.717, 1.165) is 5.56 Å². The van der Waals surface area contributed by atoms with E-state index in [1.54, 1.807) is 21.3 Å². The maximum absolute atomic E-state index is 11.7. The van der Waals surface area contributed by atoms with Crippen LogP contribution >= 0.6 is 12.4 Å². The van der Waals surface area contributed by atoms with Crippen molar-refractivity contribution in [1.82, 2.24) is 5.32 Å². The number of ether oxygens (including phenoxy) is 3. The highest BCUT2D eigenvalue weighted by Crippen LogP contribution is 2.38. The lowest BCUT2D eigenvalue weighted by Gasteiger charge is -2.14. The van der Waals surface area contributed by atoms with Gasteiger partial charge in [0.1, 0.15) is 0 Å². The molecule has 0 radical (unpaired) electrons. The van der Waals surface area contributed by atoms with E-state index in [-0.39, 0.29) is 24.4 Å². The normalized spacial score (nSPS) is 11.1. The molecule has 0 aliphatic rings. The average molecular weight is 333 g/mol. The molecular formula is C15H25ClN2O4. The first-order valence-corrected chi connectivity index (χ1v) is 6.83. The first-order chi connectivity index (χ1) is 10.0. The zero-order valence-electron chi connectivity index (χ0n) is 13.5. The van der Waals surface area contributed by atoms with Crippen LogP contribution in [0.15, 0.2) is 12.1 Å². The maximum Gasteiger partial charge on any atom is 0.220 e. The van der Waals surface area contributed by atoms with Crippen molar-refractivity contribution in [2.24, 2.45) is 5.73 Å². The fraction of sp³-hybridized carbons (Fsp3) is 0.533. The van der Waals surface area contributed by atoms with Crippen molar-refractivity contribution >= 4 is 18.3 Å². The number of nitrogens with one attached hydrogen (secondary N) is 1. The van der Waals surface area contributed by atoms with Gasteiger partial charge < -0.3 is 25.3 Å². The molecule has 0 saturated heterocycles. The molecule has 0 aromatic heterocycles. The molecule has 0 aliphatic heterocycles. The summed E-state index contributed by atoms with van der Waals surface area (Å²) < 4.78 is 15.8. The molecule has 0 saturated carbocycles. The van der Waals surface area contributed by atoms with Gasteiger partial charge in [0.2, 0.25) is 11.7 Å². The van der Waals surface area contributed by atoms with Gasteiger partial charge in [-0.1, -0.05) is 0 Å². The highest BCUT2D eigenvalue weighted by molar-refractivity contribution is 5.85. The van der Waals surface area contributed by atoms with Gasteiger partial charge in [-0.05, 0) is 31.0 Å². The lowest BCUT2D eigenvalue weighted by Crippen LogP contribution is -2.25. The Morgan fingerprint density at radius 1 is 1.18 bits per heavy atom. The number of amides is 1. The number of carbonyl (C=O) groups excluding carboxylic acids is 1. The van der Waals surface area contributed by atoms with Gasteiger partial charge in [-0.15, -0.1) is 12.4 Å². The average Bonchev–Trinajstić information content (AvgIpc) is 2.49. The summed E-state index contributed by atoms with van der Waals surface area (Å²) in [5.41, 5.74) is 6.50. The van der Waals surface area contributed by atoms with E-state index in [1.807, 2.05) is 19.1 Å². The summed E-state index contributed by atoms with van der Waals surface area (Å²) in [6.07, 6.45) is 1.09. The lowest BCUT2D eigenvalue weighted by atomic mass is 10.1. The van der Waals surface area contributed by atoms with E-state index in [2.05, 4.69) is 5.32 Å². The van der Waals surface area contributed by atoms with Gasteiger partial charge in [0, 0.05) is 19.0 Å². The van der Waals surface area contributed by atoms with Crippen LogP contribution in [0.3, 0.4) is 0 Å². The smallest absolute Gasteiger partial charge is 0.220 e. The minimum Gasteiger partial charge on any atom is -0.493 e. The van der Waals surface area contributed by atoms with Crippen LogP contribution in [0.25, 0.3) is 0 Å². The maximum atomic E-state index is 11.7. The van der Waals surface area contributed by atoms with Gasteiger partial charge in [-0.2, -0.15) is 0 Å².